The normalized spacial score (nSPS) is 10.2. The minimum absolute atomic E-state index is 0.0795. The fourth-order valence-electron chi connectivity index (χ4n) is 2.88. The number of ether oxygens (including phenoxy) is 1. The molecule has 0 radical (unpaired) electrons. The predicted octanol–water partition coefficient (Wildman–Crippen LogP) is 3.99. The largest absolute Gasteiger partial charge is 0.484 e. The molecule has 0 aliphatic carbocycles. The summed E-state index contributed by atoms with van der Waals surface area (Å²) in [6, 6.07) is 24.1. The van der Waals surface area contributed by atoms with Crippen LogP contribution in [0.4, 0.5) is 5.69 Å². The molecule has 5 nitrogen and oxygen atoms in total. The van der Waals surface area contributed by atoms with Crippen LogP contribution in [0.25, 0.3) is 0 Å². The van der Waals surface area contributed by atoms with Crippen molar-refractivity contribution in [2.75, 3.05) is 18.5 Å². The van der Waals surface area contributed by atoms with Crippen LogP contribution in [-0.2, 0) is 11.2 Å². The van der Waals surface area contributed by atoms with E-state index in [1.54, 1.807) is 36.4 Å². The Balaban J connectivity index is 1.45. The fraction of sp³-hybridized carbons (Fsp3) is 0.167. The van der Waals surface area contributed by atoms with Crippen LogP contribution in [0.3, 0.4) is 0 Å². The van der Waals surface area contributed by atoms with E-state index in [0.29, 0.717) is 23.5 Å². The number of nitrogens with one attached hydrogen (secondary N) is 2. The predicted molar refractivity (Wildman–Crippen MR) is 114 cm³/mol. The second kappa shape index (κ2) is 10.1. The van der Waals surface area contributed by atoms with Gasteiger partial charge in [0.05, 0.1) is 0 Å². The van der Waals surface area contributed by atoms with Gasteiger partial charge in [0.2, 0.25) is 0 Å². The molecule has 0 bridgehead atoms. The first-order valence-electron chi connectivity index (χ1n) is 9.52. The first-order valence-corrected chi connectivity index (χ1v) is 9.52. The summed E-state index contributed by atoms with van der Waals surface area (Å²) in [5.74, 6) is 0.138. The third-order valence-corrected chi connectivity index (χ3v) is 4.48. The third kappa shape index (κ3) is 6.21. The zero-order valence-corrected chi connectivity index (χ0v) is 16.4. The lowest BCUT2D eigenvalue weighted by Crippen LogP contribution is -2.30. The summed E-state index contributed by atoms with van der Waals surface area (Å²) >= 11 is 0. The molecule has 0 aliphatic heterocycles. The monoisotopic (exact) mass is 388 g/mol. The lowest BCUT2D eigenvalue weighted by Gasteiger charge is -2.10. The number of anilines is 1. The number of rotatable bonds is 8. The van der Waals surface area contributed by atoms with Crippen molar-refractivity contribution in [2.24, 2.45) is 0 Å². The van der Waals surface area contributed by atoms with Crippen molar-refractivity contribution in [2.45, 2.75) is 13.3 Å². The van der Waals surface area contributed by atoms with Gasteiger partial charge in [-0.2, -0.15) is 0 Å². The molecule has 0 atom stereocenters. The number of benzene rings is 3. The molecule has 3 rings (SSSR count). The van der Waals surface area contributed by atoms with Gasteiger partial charge in [-0.05, 0) is 48.7 Å². The summed E-state index contributed by atoms with van der Waals surface area (Å²) in [6.07, 6.45) is 0.777. The first kappa shape index (κ1) is 20.1. The van der Waals surface area contributed by atoms with Crippen molar-refractivity contribution in [3.8, 4) is 5.75 Å². The Labute approximate surface area is 170 Å². The summed E-state index contributed by atoms with van der Waals surface area (Å²) < 4.78 is 5.56. The van der Waals surface area contributed by atoms with Crippen LogP contribution in [0.1, 0.15) is 21.5 Å². The van der Waals surface area contributed by atoms with Gasteiger partial charge in [-0.15, -0.1) is 0 Å². The molecule has 0 saturated carbocycles. The minimum Gasteiger partial charge on any atom is -0.484 e. The molecule has 29 heavy (non-hydrogen) atoms. The topological polar surface area (TPSA) is 67.4 Å². The maximum Gasteiger partial charge on any atom is 0.257 e. The Morgan fingerprint density at radius 2 is 1.66 bits per heavy atom. The van der Waals surface area contributed by atoms with E-state index in [1.807, 2.05) is 30.3 Å². The molecule has 0 aliphatic rings. The van der Waals surface area contributed by atoms with Crippen molar-refractivity contribution in [3.63, 3.8) is 0 Å². The third-order valence-electron chi connectivity index (χ3n) is 4.48. The number of carbonyl (C=O) groups excluding carboxylic acids is 2. The van der Waals surface area contributed by atoms with Gasteiger partial charge in [0.1, 0.15) is 5.75 Å². The fourth-order valence-corrected chi connectivity index (χ4v) is 2.88. The summed E-state index contributed by atoms with van der Waals surface area (Å²) in [7, 11) is 0. The van der Waals surface area contributed by atoms with Gasteiger partial charge >= 0.3 is 0 Å². The summed E-state index contributed by atoms with van der Waals surface area (Å²) in [5, 5.41) is 5.69. The van der Waals surface area contributed by atoms with Crippen LogP contribution < -0.4 is 15.4 Å². The second-order valence-corrected chi connectivity index (χ2v) is 6.66. The van der Waals surface area contributed by atoms with Gasteiger partial charge in [0, 0.05) is 23.9 Å². The number of hydrogen-bond acceptors (Lipinski definition) is 3. The highest BCUT2D eigenvalue weighted by Gasteiger charge is 2.07. The molecule has 3 aromatic rings. The smallest absolute Gasteiger partial charge is 0.257 e. The Morgan fingerprint density at radius 1 is 0.897 bits per heavy atom. The van der Waals surface area contributed by atoms with Crippen molar-refractivity contribution in [1.82, 2.24) is 5.32 Å². The van der Waals surface area contributed by atoms with Crippen LogP contribution in [0.5, 0.6) is 5.75 Å². The molecule has 0 heterocycles. The lowest BCUT2D eigenvalue weighted by atomic mass is 10.1. The number of hydrogen-bond donors (Lipinski definition) is 2. The van der Waals surface area contributed by atoms with Crippen LogP contribution in [0, 0.1) is 6.92 Å². The van der Waals surface area contributed by atoms with Crippen molar-refractivity contribution in [3.05, 3.63) is 95.6 Å². The maximum atomic E-state index is 12.2. The Kier molecular flexibility index (Phi) is 7.00. The highest BCUT2D eigenvalue weighted by Crippen LogP contribution is 2.18. The minimum atomic E-state index is -0.198. The number of carbonyl (C=O) groups is 2. The molecule has 0 spiro atoms. The average molecular weight is 388 g/mol. The van der Waals surface area contributed by atoms with Gasteiger partial charge in [-0.3, -0.25) is 9.59 Å². The standard InChI is InChI=1S/C24H24N2O3/c1-18-8-5-6-9-19(18)14-15-25-23(27)17-29-22-13-7-12-21(16-22)26-24(28)20-10-3-2-4-11-20/h2-13,16H,14-15,17H2,1H3,(H,25,27)(H,26,28). The number of amides is 2. The van der Waals surface area contributed by atoms with E-state index < -0.39 is 0 Å². The van der Waals surface area contributed by atoms with Crippen LogP contribution in [0.15, 0.2) is 78.9 Å². The van der Waals surface area contributed by atoms with E-state index in [1.165, 1.54) is 11.1 Å². The van der Waals surface area contributed by atoms with Gasteiger partial charge < -0.3 is 15.4 Å². The lowest BCUT2D eigenvalue weighted by molar-refractivity contribution is -0.123. The molecule has 0 saturated heterocycles. The highest BCUT2D eigenvalue weighted by molar-refractivity contribution is 6.04. The van der Waals surface area contributed by atoms with Crippen LogP contribution in [-0.4, -0.2) is 25.0 Å². The molecule has 0 fully saturated rings. The Bertz CT molecular complexity index is 971. The Morgan fingerprint density at radius 3 is 2.45 bits per heavy atom. The van der Waals surface area contributed by atoms with E-state index in [2.05, 4.69) is 29.7 Å². The van der Waals surface area contributed by atoms with E-state index in [9.17, 15) is 9.59 Å². The zero-order valence-electron chi connectivity index (χ0n) is 16.4. The molecule has 0 aromatic heterocycles. The van der Waals surface area contributed by atoms with E-state index in [-0.39, 0.29) is 18.4 Å². The molecule has 2 N–H and O–H groups in total. The summed E-state index contributed by atoms with van der Waals surface area (Å²) in [4.78, 5) is 24.3. The van der Waals surface area contributed by atoms with E-state index >= 15 is 0 Å². The molecule has 3 aromatic carbocycles. The summed E-state index contributed by atoms with van der Waals surface area (Å²) in [6.45, 7) is 2.54. The maximum absolute atomic E-state index is 12.2. The molecule has 5 heteroatoms. The number of aryl methyl sites for hydroxylation is 1. The highest BCUT2D eigenvalue weighted by atomic mass is 16.5. The van der Waals surface area contributed by atoms with Crippen molar-refractivity contribution in [1.29, 1.82) is 0 Å². The SMILES string of the molecule is Cc1ccccc1CCNC(=O)COc1cccc(NC(=O)c2ccccc2)c1. The first-order chi connectivity index (χ1) is 14.1. The van der Waals surface area contributed by atoms with E-state index in [0.717, 1.165) is 6.42 Å². The van der Waals surface area contributed by atoms with Crippen molar-refractivity contribution < 1.29 is 14.3 Å². The quantitative estimate of drug-likeness (QED) is 0.613. The van der Waals surface area contributed by atoms with Gasteiger partial charge in [-0.1, -0.05) is 48.5 Å². The molecular weight excluding hydrogens is 364 g/mol. The Hall–Kier alpha value is -3.60. The van der Waals surface area contributed by atoms with E-state index in [4.69, 9.17) is 4.74 Å². The molecule has 0 unspecified atom stereocenters. The van der Waals surface area contributed by atoms with Gasteiger partial charge in [-0.25, -0.2) is 0 Å². The van der Waals surface area contributed by atoms with Gasteiger partial charge in [0.15, 0.2) is 6.61 Å². The molecule has 148 valence electrons. The van der Waals surface area contributed by atoms with Crippen LogP contribution in [0.2, 0.25) is 0 Å². The average Bonchev–Trinajstić information content (AvgIpc) is 2.74. The molecular formula is C24H24N2O3. The van der Waals surface area contributed by atoms with Crippen molar-refractivity contribution >= 4 is 17.5 Å². The van der Waals surface area contributed by atoms with Gasteiger partial charge in [0.25, 0.3) is 11.8 Å². The molecule has 2 amide bonds. The summed E-state index contributed by atoms with van der Waals surface area (Å²) in [5.41, 5.74) is 3.62. The zero-order chi connectivity index (χ0) is 20.5. The van der Waals surface area contributed by atoms with Crippen LogP contribution >= 0.6 is 0 Å². The second-order valence-electron chi connectivity index (χ2n) is 6.66.